The van der Waals surface area contributed by atoms with Crippen LogP contribution in [0.25, 0.3) is 5.57 Å². The number of hydrogen-bond donors (Lipinski definition) is 0. The van der Waals surface area contributed by atoms with Crippen LogP contribution in [0.2, 0.25) is 0 Å². The number of amides is 2. The average molecular weight is 454 g/mol. The van der Waals surface area contributed by atoms with E-state index in [1.54, 1.807) is 12.4 Å². The SMILES string of the molecule is CCCOc1ccc(C2=C(N3CCc4ccccc4C3)C(=O)N(Cc3ccncc3)C2=O)cc1. The first-order chi connectivity index (χ1) is 16.7. The van der Waals surface area contributed by atoms with Gasteiger partial charge in [-0.25, -0.2) is 0 Å². The molecule has 3 heterocycles. The summed E-state index contributed by atoms with van der Waals surface area (Å²) >= 11 is 0. The Morgan fingerprint density at radius 1 is 0.912 bits per heavy atom. The Balaban J connectivity index is 1.52. The number of rotatable bonds is 7. The van der Waals surface area contributed by atoms with E-state index >= 15 is 0 Å². The molecule has 6 heteroatoms. The second-order valence-corrected chi connectivity index (χ2v) is 8.59. The molecule has 0 saturated heterocycles. The van der Waals surface area contributed by atoms with Gasteiger partial charge in [0.15, 0.2) is 0 Å². The van der Waals surface area contributed by atoms with Crippen LogP contribution < -0.4 is 4.74 Å². The van der Waals surface area contributed by atoms with Crippen molar-refractivity contribution in [1.82, 2.24) is 14.8 Å². The summed E-state index contributed by atoms with van der Waals surface area (Å²) < 4.78 is 5.71. The first kappa shape index (κ1) is 21.9. The van der Waals surface area contributed by atoms with E-state index in [4.69, 9.17) is 4.74 Å². The van der Waals surface area contributed by atoms with E-state index in [9.17, 15) is 9.59 Å². The summed E-state index contributed by atoms with van der Waals surface area (Å²) in [5, 5.41) is 0. The van der Waals surface area contributed by atoms with Crippen LogP contribution in [0, 0.1) is 0 Å². The number of carbonyl (C=O) groups excluding carboxylic acids is 2. The van der Waals surface area contributed by atoms with Gasteiger partial charge >= 0.3 is 0 Å². The second kappa shape index (κ2) is 9.51. The highest BCUT2D eigenvalue weighted by molar-refractivity contribution is 6.35. The molecule has 34 heavy (non-hydrogen) atoms. The highest BCUT2D eigenvalue weighted by Crippen LogP contribution is 2.35. The van der Waals surface area contributed by atoms with Crippen molar-refractivity contribution in [1.29, 1.82) is 0 Å². The van der Waals surface area contributed by atoms with E-state index in [0.29, 0.717) is 31.0 Å². The van der Waals surface area contributed by atoms with E-state index in [1.165, 1.54) is 16.0 Å². The minimum Gasteiger partial charge on any atom is -0.494 e. The molecule has 0 fully saturated rings. The van der Waals surface area contributed by atoms with Crippen LogP contribution in [-0.4, -0.2) is 39.7 Å². The third-order valence-corrected chi connectivity index (χ3v) is 6.30. The van der Waals surface area contributed by atoms with E-state index in [1.807, 2.05) is 48.5 Å². The van der Waals surface area contributed by atoms with Crippen LogP contribution in [0.1, 0.15) is 35.6 Å². The van der Waals surface area contributed by atoms with Gasteiger partial charge in [-0.2, -0.15) is 0 Å². The molecule has 0 spiro atoms. The van der Waals surface area contributed by atoms with Gasteiger partial charge in [0.25, 0.3) is 11.8 Å². The van der Waals surface area contributed by atoms with Gasteiger partial charge in [-0.3, -0.25) is 19.5 Å². The van der Waals surface area contributed by atoms with Gasteiger partial charge in [0.1, 0.15) is 11.4 Å². The molecular weight excluding hydrogens is 426 g/mol. The minimum absolute atomic E-state index is 0.218. The third-order valence-electron chi connectivity index (χ3n) is 6.30. The smallest absolute Gasteiger partial charge is 0.278 e. The lowest BCUT2D eigenvalue weighted by Gasteiger charge is -2.31. The molecule has 0 aliphatic carbocycles. The fourth-order valence-electron chi connectivity index (χ4n) is 4.56. The summed E-state index contributed by atoms with van der Waals surface area (Å²) in [5.74, 6) is 0.241. The lowest BCUT2D eigenvalue weighted by molar-refractivity contribution is -0.138. The molecular formula is C28H27N3O3. The predicted molar refractivity (Wildman–Crippen MR) is 129 cm³/mol. The fraction of sp³-hybridized carbons (Fsp3) is 0.250. The zero-order valence-electron chi connectivity index (χ0n) is 19.2. The highest BCUT2D eigenvalue weighted by Gasteiger charge is 2.42. The number of hydrogen-bond acceptors (Lipinski definition) is 5. The zero-order chi connectivity index (χ0) is 23.5. The Hall–Kier alpha value is -3.93. The number of imide groups is 1. The van der Waals surface area contributed by atoms with Crippen LogP contribution >= 0.6 is 0 Å². The summed E-state index contributed by atoms with van der Waals surface area (Å²) in [6.07, 6.45) is 5.10. The van der Waals surface area contributed by atoms with Gasteiger partial charge in [0, 0.05) is 25.5 Å². The number of nitrogens with zero attached hydrogens (tertiary/aromatic N) is 3. The summed E-state index contributed by atoms with van der Waals surface area (Å²) in [4.78, 5) is 34.8. The number of carbonyl (C=O) groups is 2. The number of fused-ring (bicyclic) bond motifs is 1. The van der Waals surface area contributed by atoms with Crippen molar-refractivity contribution < 1.29 is 14.3 Å². The molecule has 2 aliphatic heterocycles. The fourth-order valence-corrected chi connectivity index (χ4v) is 4.56. The quantitative estimate of drug-likeness (QED) is 0.502. The van der Waals surface area contributed by atoms with Crippen molar-refractivity contribution in [2.75, 3.05) is 13.2 Å². The van der Waals surface area contributed by atoms with E-state index in [-0.39, 0.29) is 18.4 Å². The molecule has 172 valence electrons. The molecule has 0 bridgehead atoms. The third kappa shape index (κ3) is 4.19. The second-order valence-electron chi connectivity index (χ2n) is 8.59. The van der Waals surface area contributed by atoms with Crippen molar-refractivity contribution in [3.8, 4) is 5.75 Å². The van der Waals surface area contributed by atoms with Gasteiger partial charge in [-0.1, -0.05) is 43.3 Å². The maximum absolute atomic E-state index is 13.7. The molecule has 6 nitrogen and oxygen atoms in total. The number of benzene rings is 2. The molecule has 2 aromatic carbocycles. The standard InChI is InChI=1S/C28H27N3O3/c1-2-17-34-24-9-7-22(8-10-24)25-26(30-16-13-21-5-3-4-6-23(21)19-30)28(33)31(27(25)32)18-20-11-14-29-15-12-20/h3-12,14-15H,2,13,16-19H2,1H3. The van der Waals surface area contributed by atoms with Gasteiger partial charge in [-0.15, -0.1) is 0 Å². The van der Waals surface area contributed by atoms with Crippen LogP contribution in [-0.2, 0) is 29.1 Å². The molecule has 0 saturated carbocycles. The molecule has 0 unspecified atom stereocenters. The van der Waals surface area contributed by atoms with Crippen molar-refractivity contribution in [3.63, 3.8) is 0 Å². The van der Waals surface area contributed by atoms with Gasteiger partial charge < -0.3 is 9.64 Å². The molecule has 0 N–H and O–H groups in total. The average Bonchev–Trinajstić information content (AvgIpc) is 3.13. The minimum atomic E-state index is -0.266. The van der Waals surface area contributed by atoms with Crippen LogP contribution in [0.15, 0.2) is 78.8 Å². The summed E-state index contributed by atoms with van der Waals surface area (Å²) in [6.45, 7) is 4.21. The van der Waals surface area contributed by atoms with Gasteiger partial charge in [-0.05, 0) is 59.4 Å². The molecule has 1 aromatic heterocycles. The molecule has 0 atom stereocenters. The lowest BCUT2D eigenvalue weighted by Crippen LogP contribution is -2.37. The number of aromatic nitrogens is 1. The first-order valence-corrected chi connectivity index (χ1v) is 11.7. The molecule has 2 amide bonds. The van der Waals surface area contributed by atoms with Crippen molar-refractivity contribution >= 4 is 17.4 Å². The largest absolute Gasteiger partial charge is 0.494 e. The van der Waals surface area contributed by atoms with E-state index in [2.05, 4.69) is 28.9 Å². The zero-order valence-corrected chi connectivity index (χ0v) is 19.2. The highest BCUT2D eigenvalue weighted by atomic mass is 16.5. The topological polar surface area (TPSA) is 62.7 Å². The Morgan fingerprint density at radius 2 is 1.65 bits per heavy atom. The number of pyridine rings is 1. The molecule has 0 radical (unpaired) electrons. The Kier molecular flexibility index (Phi) is 6.12. The summed E-state index contributed by atoms with van der Waals surface area (Å²) in [5.41, 5.74) is 5.02. The Bertz CT molecular complexity index is 1240. The molecule has 3 aromatic rings. The van der Waals surface area contributed by atoms with E-state index in [0.717, 1.165) is 29.7 Å². The lowest BCUT2D eigenvalue weighted by atomic mass is 9.98. The molecule has 5 rings (SSSR count). The maximum Gasteiger partial charge on any atom is 0.278 e. The van der Waals surface area contributed by atoms with Crippen LogP contribution in [0.4, 0.5) is 0 Å². The normalized spacial score (nSPS) is 15.7. The maximum atomic E-state index is 13.7. The van der Waals surface area contributed by atoms with Crippen molar-refractivity contribution in [2.24, 2.45) is 0 Å². The van der Waals surface area contributed by atoms with Gasteiger partial charge in [0.05, 0.1) is 18.7 Å². The molecule has 2 aliphatic rings. The Morgan fingerprint density at radius 3 is 2.38 bits per heavy atom. The number of ether oxygens (including phenoxy) is 1. The van der Waals surface area contributed by atoms with Gasteiger partial charge in [0.2, 0.25) is 0 Å². The van der Waals surface area contributed by atoms with Crippen LogP contribution in [0.3, 0.4) is 0 Å². The predicted octanol–water partition coefficient (Wildman–Crippen LogP) is 4.21. The van der Waals surface area contributed by atoms with Crippen molar-refractivity contribution in [2.45, 2.75) is 32.9 Å². The monoisotopic (exact) mass is 453 g/mol. The van der Waals surface area contributed by atoms with Crippen LogP contribution in [0.5, 0.6) is 5.75 Å². The summed E-state index contributed by atoms with van der Waals surface area (Å²) in [7, 11) is 0. The first-order valence-electron chi connectivity index (χ1n) is 11.7. The van der Waals surface area contributed by atoms with E-state index < -0.39 is 0 Å². The summed E-state index contributed by atoms with van der Waals surface area (Å²) in [6, 6.07) is 19.4. The Labute approximate surface area is 199 Å². The van der Waals surface area contributed by atoms with Crippen molar-refractivity contribution in [3.05, 3.63) is 101 Å².